The number of ether oxygens (including phenoxy) is 2. The van der Waals surface area contributed by atoms with Crippen LogP contribution in [0, 0.1) is 0 Å². The number of hydrogen-bond donors (Lipinski definition) is 1. The lowest BCUT2D eigenvalue weighted by molar-refractivity contribution is -0.127. The number of aromatic nitrogens is 2. The van der Waals surface area contributed by atoms with E-state index in [2.05, 4.69) is 10.4 Å². The molecule has 1 N–H and O–H groups in total. The third-order valence-corrected chi connectivity index (χ3v) is 6.14. The van der Waals surface area contributed by atoms with Crippen LogP contribution in [0.2, 0.25) is 0 Å². The first-order chi connectivity index (χ1) is 15.4. The summed E-state index contributed by atoms with van der Waals surface area (Å²) in [6.45, 7) is 3.71. The number of para-hydroxylation sites is 2. The van der Waals surface area contributed by atoms with Gasteiger partial charge in [-0.1, -0.05) is 25.0 Å². The van der Waals surface area contributed by atoms with E-state index in [-0.39, 0.29) is 36.5 Å². The summed E-state index contributed by atoms with van der Waals surface area (Å²) in [4.78, 5) is 41.0. The molecule has 2 aromatic rings. The Morgan fingerprint density at radius 3 is 2.66 bits per heavy atom. The van der Waals surface area contributed by atoms with Crippen LogP contribution in [0.25, 0.3) is 0 Å². The van der Waals surface area contributed by atoms with Crippen molar-refractivity contribution in [1.82, 2.24) is 15.1 Å². The van der Waals surface area contributed by atoms with Gasteiger partial charge >= 0.3 is 5.97 Å². The van der Waals surface area contributed by atoms with Crippen molar-refractivity contribution in [3.8, 4) is 5.75 Å². The average molecular weight is 441 g/mol. The van der Waals surface area contributed by atoms with Crippen LogP contribution in [-0.2, 0) is 16.1 Å². The molecule has 2 amide bonds. The Morgan fingerprint density at radius 2 is 1.97 bits per heavy atom. The first kappa shape index (κ1) is 21.9. The second kappa shape index (κ2) is 8.64. The Morgan fingerprint density at radius 1 is 1.25 bits per heavy atom. The fourth-order valence-corrected chi connectivity index (χ4v) is 4.49. The minimum absolute atomic E-state index is 0.0376. The number of methoxy groups -OCH3 is 1. The largest absolute Gasteiger partial charge is 0.495 e. The number of amides is 2. The molecule has 1 aromatic carbocycles. The second-order valence-electron chi connectivity index (χ2n) is 8.33. The van der Waals surface area contributed by atoms with Gasteiger partial charge in [0.15, 0.2) is 5.69 Å². The lowest BCUT2D eigenvalue weighted by Crippen LogP contribution is -2.65. The van der Waals surface area contributed by atoms with Crippen LogP contribution in [0.3, 0.4) is 0 Å². The van der Waals surface area contributed by atoms with Crippen molar-refractivity contribution in [2.24, 2.45) is 0 Å². The molecule has 9 heteroatoms. The molecule has 0 saturated heterocycles. The van der Waals surface area contributed by atoms with Gasteiger partial charge in [0.05, 0.1) is 25.9 Å². The van der Waals surface area contributed by atoms with Gasteiger partial charge in [-0.15, -0.1) is 0 Å². The van der Waals surface area contributed by atoms with Gasteiger partial charge < -0.3 is 14.8 Å². The fraction of sp³-hybridized carbons (Fsp3) is 0.478. The molecule has 4 rings (SSSR count). The Balaban J connectivity index is 1.79. The molecule has 0 radical (unpaired) electrons. The molecule has 0 bridgehead atoms. The molecule has 2 heterocycles. The van der Waals surface area contributed by atoms with E-state index < -0.39 is 17.4 Å². The molecule has 1 aliphatic carbocycles. The average Bonchev–Trinajstić information content (AvgIpc) is 3.44. The highest BCUT2D eigenvalue weighted by Crippen LogP contribution is 2.38. The van der Waals surface area contributed by atoms with Gasteiger partial charge in [-0.3, -0.25) is 19.2 Å². The van der Waals surface area contributed by atoms with Crippen LogP contribution in [0.5, 0.6) is 5.75 Å². The third kappa shape index (κ3) is 3.72. The Bertz CT molecular complexity index is 1040. The normalized spacial score (nSPS) is 20.7. The molecule has 1 atom stereocenters. The van der Waals surface area contributed by atoms with Crippen molar-refractivity contribution in [1.29, 1.82) is 0 Å². The summed E-state index contributed by atoms with van der Waals surface area (Å²) in [5.41, 5.74) is -0.547. The highest BCUT2D eigenvalue weighted by molar-refractivity contribution is 6.13. The van der Waals surface area contributed by atoms with Crippen molar-refractivity contribution in [2.45, 2.75) is 57.7 Å². The number of fused-ring (bicyclic) bond motifs is 1. The van der Waals surface area contributed by atoms with E-state index in [0.717, 1.165) is 25.7 Å². The lowest BCUT2D eigenvalue weighted by Gasteiger charge is -2.43. The molecular formula is C23H28N4O5. The Labute approximate surface area is 186 Å². The summed E-state index contributed by atoms with van der Waals surface area (Å²) >= 11 is 0. The number of hydrogen-bond acceptors (Lipinski definition) is 6. The van der Waals surface area contributed by atoms with Crippen LogP contribution >= 0.6 is 0 Å². The maximum atomic E-state index is 13.7. The Kier molecular flexibility index (Phi) is 5.90. The zero-order valence-electron chi connectivity index (χ0n) is 18.6. The number of carbonyl (C=O) groups is 3. The molecular weight excluding hydrogens is 412 g/mol. The zero-order chi connectivity index (χ0) is 22.9. The van der Waals surface area contributed by atoms with Gasteiger partial charge in [-0.05, 0) is 38.8 Å². The summed E-state index contributed by atoms with van der Waals surface area (Å²) in [5, 5.41) is 7.40. The monoisotopic (exact) mass is 440 g/mol. The molecule has 170 valence electrons. The van der Waals surface area contributed by atoms with E-state index in [4.69, 9.17) is 9.47 Å². The predicted molar refractivity (Wildman–Crippen MR) is 117 cm³/mol. The second-order valence-corrected chi connectivity index (χ2v) is 8.33. The highest BCUT2D eigenvalue weighted by Gasteiger charge is 2.50. The molecule has 1 aliphatic heterocycles. The molecule has 2 aliphatic rings. The molecule has 1 saturated carbocycles. The maximum absolute atomic E-state index is 13.7. The van der Waals surface area contributed by atoms with Gasteiger partial charge in [0.25, 0.3) is 5.91 Å². The number of esters is 1. The van der Waals surface area contributed by atoms with Crippen molar-refractivity contribution >= 4 is 23.5 Å². The van der Waals surface area contributed by atoms with Gasteiger partial charge in [0.1, 0.15) is 17.0 Å². The molecule has 9 nitrogen and oxygen atoms in total. The van der Waals surface area contributed by atoms with E-state index in [1.807, 2.05) is 0 Å². The minimum Gasteiger partial charge on any atom is -0.495 e. The van der Waals surface area contributed by atoms with Gasteiger partial charge in [0, 0.05) is 12.1 Å². The van der Waals surface area contributed by atoms with Crippen molar-refractivity contribution in [3.63, 3.8) is 0 Å². The number of nitrogens with zero attached hydrogens (tertiary/aromatic N) is 3. The number of rotatable bonds is 6. The van der Waals surface area contributed by atoms with Crippen LogP contribution in [0.4, 0.5) is 5.69 Å². The maximum Gasteiger partial charge on any atom is 0.358 e. The topological polar surface area (TPSA) is 103 Å². The highest BCUT2D eigenvalue weighted by atomic mass is 16.5. The SMILES string of the molecule is CCOC(=O)c1cc2n(n1)C[C@@](C)(C(=O)NC1CCCC1)N(c1ccccc1OC)C2=O. The fourth-order valence-electron chi connectivity index (χ4n) is 4.49. The minimum atomic E-state index is -1.28. The summed E-state index contributed by atoms with van der Waals surface area (Å²) in [6.07, 6.45) is 3.99. The van der Waals surface area contributed by atoms with E-state index in [9.17, 15) is 14.4 Å². The summed E-state index contributed by atoms with van der Waals surface area (Å²) in [5.74, 6) is -0.835. The van der Waals surface area contributed by atoms with E-state index in [1.165, 1.54) is 22.8 Å². The zero-order valence-corrected chi connectivity index (χ0v) is 18.6. The van der Waals surface area contributed by atoms with Crippen LogP contribution in [0.15, 0.2) is 30.3 Å². The number of nitrogens with one attached hydrogen (secondary N) is 1. The van der Waals surface area contributed by atoms with Gasteiger partial charge in [-0.2, -0.15) is 5.10 Å². The van der Waals surface area contributed by atoms with Crippen molar-refractivity contribution in [3.05, 3.63) is 41.7 Å². The standard InChI is InChI=1S/C23H28N4O5/c1-4-32-21(29)16-13-18-20(28)27(17-11-7-8-12-19(17)31-3)23(2,14-26(18)25-16)22(30)24-15-9-5-6-10-15/h7-8,11-13,15H,4-6,9-10,14H2,1-3H3,(H,24,30)/t23-/m0/s1. The van der Waals surface area contributed by atoms with Crippen LogP contribution in [-0.4, -0.2) is 52.9 Å². The van der Waals surface area contributed by atoms with E-state index in [0.29, 0.717) is 11.4 Å². The van der Waals surface area contributed by atoms with Gasteiger partial charge in [-0.25, -0.2) is 4.79 Å². The number of anilines is 1. The molecule has 32 heavy (non-hydrogen) atoms. The van der Waals surface area contributed by atoms with Crippen LogP contribution in [0.1, 0.15) is 60.5 Å². The van der Waals surface area contributed by atoms with Crippen LogP contribution < -0.4 is 15.0 Å². The quantitative estimate of drug-likeness (QED) is 0.693. The number of carbonyl (C=O) groups excluding carboxylic acids is 3. The van der Waals surface area contributed by atoms with Gasteiger partial charge in [0.2, 0.25) is 5.91 Å². The summed E-state index contributed by atoms with van der Waals surface area (Å²) < 4.78 is 12.0. The first-order valence-corrected chi connectivity index (χ1v) is 10.9. The molecule has 0 spiro atoms. The predicted octanol–water partition coefficient (Wildman–Crippen LogP) is 2.55. The van der Waals surface area contributed by atoms with E-state index in [1.54, 1.807) is 38.1 Å². The summed E-state index contributed by atoms with van der Waals surface area (Å²) in [7, 11) is 1.52. The number of benzene rings is 1. The smallest absolute Gasteiger partial charge is 0.358 e. The first-order valence-electron chi connectivity index (χ1n) is 10.9. The molecule has 1 aromatic heterocycles. The summed E-state index contributed by atoms with van der Waals surface area (Å²) in [6, 6.07) is 8.58. The Hall–Kier alpha value is -3.36. The van der Waals surface area contributed by atoms with Crippen molar-refractivity contribution < 1.29 is 23.9 Å². The van der Waals surface area contributed by atoms with Crippen molar-refractivity contribution in [2.75, 3.05) is 18.6 Å². The van der Waals surface area contributed by atoms with E-state index >= 15 is 0 Å². The lowest BCUT2D eigenvalue weighted by atomic mass is 9.93. The third-order valence-electron chi connectivity index (χ3n) is 6.14. The molecule has 1 fully saturated rings. The molecule has 0 unspecified atom stereocenters.